The molecule has 2 fully saturated rings. The summed E-state index contributed by atoms with van der Waals surface area (Å²) in [7, 11) is 0. The highest BCUT2D eigenvalue weighted by molar-refractivity contribution is 5.85. The van der Waals surface area contributed by atoms with Crippen LogP contribution in [0.1, 0.15) is 37.2 Å². The van der Waals surface area contributed by atoms with Gasteiger partial charge in [-0.3, -0.25) is 0 Å². The molecule has 1 heterocycles. The van der Waals surface area contributed by atoms with Crippen molar-refractivity contribution >= 4 is 12.4 Å². The molecular formula is C15H22ClNO. The minimum absolute atomic E-state index is 0. The van der Waals surface area contributed by atoms with Gasteiger partial charge in [0.25, 0.3) is 0 Å². The summed E-state index contributed by atoms with van der Waals surface area (Å²) < 4.78 is 6.04. The number of benzene rings is 1. The molecular weight excluding hydrogens is 246 g/mol. The summed E-state index contributed by atoms with van der Waals surface area (Å²) in [4.78, 5) is 0. The van der Waals surface area contributed by atoms with Gasteiger partial charge in [-0.25, -0.2) is 0 Å². The number of halogens is 1. The Balaban J connectivity index is 0.00000120. The molecule has 0 unspecified atom stereocenters. The Hall–Kier alpha value is -0.730. The van der Waals surface area contributed by atoms with Gasteiger partial charge in [0, 0.05) is 12.5 Å². The zero-order valence-corrected chi connectivity index (χ0v) is 11.5. The second-order valence-electron chi connectivity index (χ2n) is 5.34. The molecule has 1 aliphatic heterocycles. The third-order valence-corrected chi connectivity index (χ3v) is 4.10. The summed E-state index contributed by atoms with van der Waals surface area (Å²) in [5.74, 6) is 2.58. The minimum Gasteiger partial charge on any atom is -0.493 e. The molecule has 2 aliphatic rings. The number of rotatable bonds is 4. The van der Waals surface area contributed by atoms with Gasteiger partial charge in [0.1, 0.15) is 5.75 Å². The smallest absolute Gasteiger partial charge is 0.122 e. The van der Waals surface area contributed by atoms with Crippen LogP contribution in [0.25, 0.3) is 0 Å². The van der Waals surface area contributed by atoms with E-state index >= 15 is 0 Å². The Morgan fingerprint density at radius 3 is 2.67 bits per heavy atom. The highest BCUT2D eigenvalue weighted by atomic mass is 35.5. The van der Waals surface area contributed by atoms with Crippen LogP contribution in [0.4, 0.5) is 0 Å². The molecule has 3 rings (SSSR count). The van der Waals surface area contributed by atoms with Crippen LogP contribution < -0.4 is 10.1 Å². The zero-order chi connectivity index (χ0) is 11.5. The van der Waals surface area contributed by atoms with E-state index in [0.717, 1.165) is 31.4 Å². The molecule has 0 spiro atoms. The maximum absolute atomic E-state index is 6.04. The van der Waals surface area contributed by atoms with E-state index in [9.17, 15) is 0 Å². The first-order valence-electron chi connectivity index (χ1n) is 6.86. The van der Waals surface area contributed by atoms with Crippen LogP contribution in [0.3, 0.4) is 0 Å². The maximum atomic E-state index is 6.04. The Morgan fingerprint density at radius 2 is 2.00 bits per heavy atom. The van der Waals surface area contributed by atoms with Gasteiger partial charge < -0.3 is 10.1 Å². The van der Waals surface area contributed by atoms with Crippen molar-refractivity contribution in [1.29, 1.82) is 0 Å². The lowest BCUT2D eigenvalue weighted by Crippen LogP contribution is -2.17. The van der Waals surface area contributed by atoms with Gasteiger partial charge in [-0.2, -0.15) is 0 Å². The monoisotopic (exact) mass is 267 g/mol. The third kappa shape index (κ3) is 2.99. The molecule has 18 heavy (non-hydrogen) atoms. The van der Waals surface area contributed by atoms with Gasteiger partial charge in [-0.15, -0.1) is 12.4 Å². The van der Waals surface area contributed by atoms with E-state index in [1.165, 1.54) is 31.2 Å². The van der Waals surface area contributed by atoms with E-state index in [-0.39, 0.29) is 12.4 Å². The fraction of sp³-hybridized carbons (Fsp3) is 0.600. The average molecular weight is 268 g/mol. The van der Waals surface area contributed by atoms with Gasteiger partial charge in [0.05, 0.1) is 6.61 Å². The van der Waals surface area contributed by atoms with Crippen LogP contribution in [-0.2, 0) is 0 Å². The van der Waals surface area contributed by atoms with Crippen molar-refractivity contribution in [2.75, 3.05) is 19.7 Å². The summed E-state index contributed by atoms with van der Waals surface area (Å²) in [6.07, 6.45) is 5.31. The van der Waals surface area contributed by atoms with Crippen LogP contribution >= 0.6 is 12.4 Å². The second kappa shape index (κ2) is 6.44. The second-order valence-corrected chi connectivity index (χ2v) is 5.34. The largest absolute Gasteiger partial charge is 0.493 e. The van der Waals surface area contributed by atoms with Crippen LogP contribution in [0, 0.1) is 5.92 Å². The van der Waals surface area contributed by atoms with Crippen LogP contribution in [0.15, 0.2) is 24.3 Å². The quantitative estimate of drug-likeness (QED) is 0.903. The van der Waals surface area contributed by atoms with Crippen molar-refractivity contribution in [1.82, 2.24) is 5.32 Å². The number of nitrogens with one attached hydrogen (secondary N) is 1. The molecule has 1 aromatic carbocycles. The average Bonchev–Trinajstić information content (AvgIpc) is 2.78. The van der Waals surface area contributed by atoms with E-state index in [2.05, 4.69) is 29.6 Å². The van der Waals surface area contributed by atoms with Crippen LogP contribution in [0.5, 0.6) is 5.75 Å². The molecule has 1 N–H and O–H groups in total. The first-order valence-corrected chi connectivity index (χ1v) is 6.86. The van der Waals surface area contributed by atoms with Gasteiger partial charge >= 0.3 is 0 Å². The lowest BCUT2D eigenvalue weighted by molar-refractivity contribution is 0.253. The highest BCUT2D eigenvalue weighted by Crippen LogP contribution is 2.40. The number of hydrogen-bond acceptors (Lipinski definition) is 2. The number of hydrogen-bond donors (Lipinski definition) is 1. The Labute approximate surface area is 116 Å². The molecule has 3 heteroatoms. The van der Waals surface area contributed by atoms with E-state index in [0.29, 0.717) is 5.92 Å². The predicted molar refractivity (Wildman–Crippen MR) is 76.8 cm³/mol. The van der Waals surface area contributed by atoms with Crippen LogP contribution in [0.2, 0.25) is 0 Å². The van der Waals surface area contributed by atoms with Crippen LogP contribution in [-0.4, -0.2) is 19.7 Å². The van der Waals surface area contributed by atoms with Crippen molar-refractivity contribution < 1.29 is 4.74 Å². The van der Waals surface area contributed by atoms with Gasteiger partial charge in [-0.1, -0.05) is 24.6 Å². The van der Waals surface area contributed by atoms with Crippen molar-refractivity contribution in [3.05, 3.63) is 29.8 Å². The lowest BCUT2D eigenvalue weighted by atomic mass is 9.80. The van der Waals surface area contributed by atoms with E-state index < -0.39 is 0 Å². The number of para-hydroxylation sites is 1. The molecule has 100 valence electrons. The maximum Gasteiger partial charge on any atom is 0.122 e. The van der Waals surface area contributed by atoms with Crippen molar-refractivity contribution in [3.8, 4) is 5.75 Å². The fourth-order valence-corrected chi connectivity index (χ4v) is 2.73. The van der Waals surface area contributed by atoms with E-state index in [1.54, 1.807) is 0 Å². The Kier molecular flexibility index (Phi) is 4.90. The van der Waals surface area contributed by atoms with Crippen molar-refractivity contribution in [2.45, 2.75) is 31.6 Å². The summed E-state index contributed by atoms with van der Waals surface area (Å²) in [5.41, 5.74) is 1.43. The van der Waals surface area contributed by atoms with E-state index in [1.807, 2.05) is 0 Å². The van der Waals surface area contributed by atoms with Gasteiger partial charge in [-0.05, 0) is 43.4 Å². The summed E-state index contributed by atoms with van der Waals surface area (Å²) in [5, 5.41) is 3.39. The minimum atomic E-state index is 0. The first-order chi connectivity index (χ1) is 8.43. The molecule has 1 saturated heterocycles. The number of ether oxygens (including phenoxy) is 1. The van der Waals surface area contributed by atoms with E-state index in [4.69, 9.17) is 4.74 Å². The third-order valence-electron chi connectivity index (χ3n) is 4.10. The molecule has 1 aliphatic carbocycles. The molecule has 0 amide bonds. The molecule has 0 aromatic heterocycles. The molecule has 0 radical (unpaired) electrons. The fourth-order valence-electron chi connectivity index (χ4n) is 2.73. The topological polar surface area (TPSA) is 21.3 Å². The summed E-state index contributed by atoms with van der Waals surface area (Å²) in [6, 6.07) is 8.60. The summed E-state index contributed by atoms with van der Waals surface area (Å²) >= 11 is 0. The zero-order valence-electron chi connectivity index (χ0n) is 10.7. The van der Waals surface area contributed by atoms with Gasteiger partial charge in [0.15, 0.2) is 0 Å². The standard InChI is InChI=1S/C15H21NO.ClH/c1-2-7-15(14(6-1)13-4-3-5-13)17-11-12-8-9-16-10-12;/h1-2,6-7,12-13,16H,3-5,8-11H2;1H/t12-;/m0./s1. The Bertz CT molecular complexity index is 373. The van der Waals surface area contributed by atoms with Gasteiger partial charge in [0.2, 0.25) is 0 Å². The molecule has 1 aromatic rings. The normalized spacial score (nSPS) is 23.2. The summed E-state index contributed by atoms with van der Waals surface area (Å²) in [6.45, 7) is 3.14. The lowest BCUT2D eigenvalue weighted by Gasteiger charge is -2.27. The molecule has 0 bridgehead atoms. The molecule has 2 nitrogen and oxygen atoms in total. The SMILES string of the molecule is Cl.c1ccc(C2CCC2)c(OC[C@H]2CCNC2)c1. The van der Waals surface area contributed by atoms with Crippen molar-refractivity contribution in [2.24, 2.45) is 5.92 Å². The Morgan fingerprint density at radius 1 is 1.17 bits per heavy atom. The predicted octanol–water partition coefficient (Wildman–Crippen LogP) is 3.36. The van der Waals surface area contributed by atoms with Crippen molar-refractivity contribution in [3.63, 3.8) is 0 Å². The highest BCUT2D eigenvalue weighted by Gasteiger charge is 2.23. The first kappa shape index (κ1) is 13.7. The molecule has 1 atom stereocenters. The molecule has 1 saturated carbocycles.